The second-order valence-electron chi connectivity index (χ2n) is 4.52. The number of hydrogen-bond donors (Lipinski definition) is 2. The molecule has 0 bridgehead atoms. The van der Waals surface area contributed by atoms with Crippen LogP contribution in [0.15, 0.2) is 16.3 Å². The number of rotatable bonds is 5. The van der Waals surface area contributed by atoms with Gasteiger partial charge in [0.2, 0.25) is 11.8 Å². The average Bonchev–Trinajstić information content (AvgIpc) is 3.04. The molecule has 1 aromatic rings. The largest absolute Gasteiger partial charge is 0.368 e. The summed E-state index contributed by atoms with van der Waals surface area (Å²) < 4.78 is 26.6. The minimum atomic E-state index is -3.76. The highest BCUT2D eigenvalue weighted by Crippen LogP contribution is 2.32. The molecule has 1 aliphatic heterocycles. The zero-order valence-corrected chi connectivity index (χ0v) is 13.3. The number of amides is 2. The van der Waals surface area contributed by atoms with Crippen molar-refractivity contribution in [2.24, 2.45) is 5.73 Å². The van der Waals surface area contributed by atoms with Crippen molar-refractivity contribution in [2.45, 2.75) is 23.1 Å². The molecule has 0 aliphatic carbocycles. The third-order valence-corrected chi connectivity index (χ3v) is 6.66. The predicted octanol–water partition coefficient (Wildman–Crippen LogP) is 0.156. The number of primary amides is 1. The number of nitrogens with two attached hydrogens (primary N) is 1. The quantitative estimate of drug-likeness (QED) is 0.787. The fraction of sp³-hybridized carbons (Fsp3) is 0.455. The van der Waals surface area contributed by atoms with Crippen LogP contribution in [0.5, 0.6) is 0 Å². The molecule has 1 aromatic heterocycles. The van der Waals surface area contributed by atoms with E-state index in [1.165, 1.54) is 12.1 Å². The smallest absolute Gasteiger partial charge is 0.253 e. The van der Waals surface area contributed by atoms with Gasteiger partial charge in [-0.3, -0.25) is 9.59 Å². The third kappa shape index (κ3) is 3.54. The van der Waals surface area contributed by atoms with E-state index >= 15 is 0 Å². The molecule has 21 heavy (non-hydrogen) atoms. The Balaban J connectivity index is 2.18. The van der Waals surface area contributed by atoms with E-state index < -0.39 is 27.9 Å². The molecule has 1 aliphatic rings. The van der Waals surface area contributed by atoms with Gasteiger partial charge in [0.05, 0.1) is 10.9 Å². The molecule has 1 unspecified atom stereocenters. The zero-order valence-electron chi connectivity index (χ0n) is 10.9. The summed E-state index contributed by atoms with van der Waals surface area (Å²) in [6, 6.07) is 2.09. The molecule has 7 nitrogen and oxygen atoms in total. The molecule has 1 fully saturated rings. The normalized spacial score (nSPS) is 19.6. The SMILES string of the molecule is NC(=O)CNC(=O)C1CCCN1S(=O)(=O)c1ccc(Cl)s1. The number of thiophene rings is 1. The van der Waals surface area contributed by atoms with Gasteiger partial charge in [0.25, 0.3) is 10.0 Å². The number of sulfonamides is 1. The van der Waals surface area contributed by atoms with Crippen molar-refractivity contribution in [3.8, 4) is 0 Å². The second-order valence-corrected chi connectivity index (χ2v) is 8.35. The van der Waals surface area contributed by atoms with E-state index in [1.54, 1.807) is 0 Å². The standard InChI is InChI=1S/C11H14ClN3O4S2/c12-8-3-4-10(20-8)21(18,19)15-5-1-2-7(15)11(17)14-6-9(13)16/h3-4,7H,1-2,5-6H2,(H2,13,16)(H,14,17). The first kappa shape index (κ1) is 16.2. The molecule has 116 valence electrons. The predicted molar refractivity (Wildman–Crippen MR) is 78.4 cm³/mol. The van der Waals surface area contributed by atoms with Gasteiger partial charge in [-0.2, -0.15) is 4.31 Å². The van der Waals surface area contributed by atoms with Gasteiger partial charge in [0, 0.05) is 6.54 Å². The molecule has 2 amide bonds. The lowest BCUT2D eigenvalue weighted by Gasteiger charge is -2.22. The highest BCUT2D eigenvalue weighted by atomic mass is 35.5. The molecule has 0 aromatic carbocycles. The summed E-state index contributed by atoms with van der Waals surface area (Å²) in [5.41, 5.74) is 4.96. The Kier molecular flexibility index (Phi) is 4.87. The van der Waals surface area contributed by atoms with Crippen LogP contribution in [0.2, 0.25) is 4.34 Å². The Hall–Kier alpha value is -1.16. The summed E-state index contributed by atoms with van der Waals surface area (Å²) in [6.45, 7) is -0.0550. The van der Waals surface area contributed by atoms with Crippen LogP contribution in [-0.2, 0) is 19.6 Å². The third-order valence-electron chi connectivity index (χ3n) is 3.05. The van der Waals surface area contributed by atoms with E-state index in [9.17, 15) is 18.0 Å². The lowest BCUT2D eigenvalue weighted by atomic mass is 10.2. The molecule has 0 spiro atoms. The highest BCUT2D eigenvalue weighted by molar-refractivity contribution is 7.91. The van der Waals surface area contributed by atoms with Crippen LogP contribution in [0, 0.1) is 0 Å². The van der Waals surface area contributed by atoms with E-state index in [2.05, 4.69) is 5.32 Å². The Morgan fingerprint density at radius 1 is 1.48 bits per heavy atom. The van der Waals surface area contributed by atoms with Crippen LogP contribution in [0.25, 0.3) is 0 Å². The molecule has 2 rings (SSSR count). The number of halogens is 1. The monoisotopic (exact) mass is 351 g/mol. The van der Waals surface area contributed by atoms with Crippen LogP contribution in [0.1, 0.15) is 12.8 Å². The molecular weight excluding hydrogens is 338 g/mol. The maximum atomic E-state index is 12.5. The van der Waals surface area contributed by atoms with Crippen molar-refractivity contribution in [1.29, 1.82) is 0 Å². The number of carbonyl (C=O) groups is 2. The first-order valence-electron chi connectivity index (χ1n) is 6.15. The molecular formula is C11H14ClN3O4S2. The van der Waals surface area contributed by atoms with Crippen LogP contribution in [-0.4, -0.2) is 43.7 Å². The van der Waals surface area contributed by atoms with E-state index in [0.717, 1.165) is 15.6 Å². The second kappa shape index (κ2) is 6.30. The minimum Gasteiger partial charge on any atom is -0.368 e. The Bertz CT molecular complexity index is 658. The summed E-state index contributed by atoms with van der Waals surface area (Å²) in [6.07, 6.45) is 0.982. The summed E-state index contributed by atoms with van der Waals surface area (Å²) in [5.74, 6) is -1.20. The number of hydrogen-bond acceptors (Lipinski definition) is 5. The Morgan fingerprint density at radius 2 is 2.19 bits per heavy atom. The van der Waals surface area contributed by atoms with Crippen LogP contribution >= 0.6 is 22.9 Å². The van der Waals surface area contributed by atoms with Crippen LogP contribution in [0.3, 0.4) is 0 Å². The fourth-order valence-corrected chi connectivity index (χ4v) is 5.40. The maximum absolute atomic E-state index is 12.5. The van der Waals surface area contributed by atoms with E-state index in [-0.39, 0.29) is 17.3 Å². The molecule has 1 atom stereocenters. The van der Waals surface area contributed by atoms with E-state index in [4.69, 9.17) is 17.3 Å². The molecule has 2 heterocycles. The van der Waals surface area contributed by atoms with Gasteiger partial charge in [-0.25, -0.2) is 8.42 Å². The summed E-state index contributed by atoms with van der Waals surface area (Å²) in [4.78, 5) is 22.7. The minimum absolute atomic E-state index is 0.0992. The van der Waals surface area contributed by atoms with Gasteiger partial charge < -0.3 is 11.1 Å². The van der Waals surface area contributed by atoms with Gasteiger partial charge >= 0.3 is 0 Å². The average molecular weight is 352 g/mol. The van der Waals surface area contributed by atoms with Gasteiger partial charge in [0.15, 0.2) is 0 Å². The van der Waals surface area contributed by atoms with Crippen molar-refractivity contribution < 1.29 is 18.0 Å². The first-order valence-corrected chi connectivity index (χ1v) is 8.79. The van der Waals surface area contributed by atoms with Gasteiger partial charge in [0.1, 0.15) is 10.3 Å². The van der Waals surface area contributed by atoms with Crippen molar-refractivity contribution in [3.63, 3.8) is 0 Å². The van der Waals surface area contributed by atoms with E-state index in [0.29, 0.717) is 17.2 Å². The number of carbonyl (C=O) groups excluding carboxylic acids is 2. The lowest BCUT2D eigenvalue weighted by molar-refractivity contribution is -0.127. The van der Waals surface area contributed by atoms with E-state index in [1.807, 2.05) is 0 Å². The summed E-state index contributed by atoms with van der Waals surface area (Å²) in [7, 11) is -3.76. The molecule has 3 N–H and O–H groups in total. The first-order chi connectivity index (χ1) is 9.82. The summed E-state index contributed by atoms with van der Waals surface area (Å²) in [5, 5.41) is 2.34. The maximum Gasteiger partial charge on any atom is 0.253 e. The molecule has 1 saturated heterocycles. The van der Waals surface area contributed by atoms with Crippen molar-refractivity contribution in [3.05, 3.63) is 16.5 Å². The highest BCUT2D eigenvalue weighted by Gasteiger charge is 2.40. The number of nitrogens with zero attached hydrogens (tertiary/aromatic N) is 1. The zero-order chi connectivity index (χ0) is 15.6. The van der Waals surface area contributed by atoms with Crippen LogP contribution in [0.4, 0.5) is 0 Å². The molecule has 0 radical (unpaired) electrons. The molecule has 0 saturated carbocycles. The topological polar surface area (TPSA) is 110 Å². The van der Waals surface area contributed by atoms with Gasteiger partial charge in [-0.1, -0.05) is 11.6 Å². The summed E-state index contributed by atoms with van der Waals surface area (Å²) >= 11 is 6.71. The molecule has 10 heteroatoms. The van der Waals surface area contributed by atoms with Crippen molar-refractivity contribution in [2.75, 3.05) is 13.1 Å². The van der Waals surface area contributed by atoms with Gasteiger partial charge in [-0.15, -0.1) is 11.3 Å². The van der Waals surface area contributed by atoms with Gasteiger partial charge in [-0.05, 0) is 25.0 Å². The Morgan fingerprint density at radius 3 is 2.76 bits per heavy atom. The fourth-order valence-electron chi connectivity index (χ4n) is 2.13. The number of nitrogens with one attached hydrogen (secondary N) is 1. The van der Waals surface area contributed by atoms with Crippen molar-refractivity contribution in [1.82, 2.24) is 9.62 Å². The Labute approximate surface area is 131 Å². The lowest BCUT2D eigenvalue weighted by Crippen LogP contribution is -2.47. The van der Waals surface area contributed by atoms with Crippen LogP contribution < -0.4 is 11.1 Å². The van der Waals surface area contributed by atoms with Crippen molar-refractivity contribution >= 4 is 44.8 Å².